The van der Waals surface area contributed by atoms with E-state index in [2.05, 4.69) is 39.8 Å². The van der Waals surface area contributed by atoms with Crippen molar-refractivity contribution in [2.75, 3.05) is 33.7 Å². The zero-order valence-corrected chi connectivity index (χ0v) is 16.8. The molecule has 27 heavy (non-hydrogen) atoms. The van der Waals surface area contributed by atoms with Gasteiger partial charge < -0.3 is 14.4 Å². The SMILES string of the molecule is C[C@@H](Cn1cccn1)C(=O)N1CCC(c2nccn2CCCN(C)C)CC1. The van der Waals surface area contributed by atoms with Crippen LogP contribution in [0.3, 0.4) is 0 Å². The first kappa shape index (κ1) is 19.6. The summed E-state index contributed by atoms with van der Waals surface area (Å²) >= 11 is 0. The molecule has 0 unspecified atom stereocenters. The van der Waals surface area contributed by atoms with E-state index in [1.165, 1.54) is 5.82 Å². The fourth-order valence-corrected chi connectivity index (χ4v) is 3.86. The van der Waals surface area contributed by atoms with Crippen LogP contribution in [-0.2, 0) is 17.9 Å². The van der Waals surface area contributed by atoms with Crippen molar-refractivity contribution in [1.82, 2.24) is 29.1 Å². The minimum atomic E-state index is -0.0468. The van der Waals surface area contributed by atoms with Crippen molar-refractivity contribution >= 4 is 5.91 Å². The first-order chi connectivity index (χ1) is 13.0. The molecule has 0 N–H and O–H groups in total. The fraction of sp³-hybridized carbons (Fsp3) is 0.650. The molecule has 1 atom stereocenters. The average molecular weight is 373 g/mol. The van der Waals surface area contributed by atoms with Crippen molar-refractivity contribution in [3.63, 3.8) is 0 Å². The maximum Gasteiger partial charge on any atom is 0.227 e. The van der Waals surface area contributed by atoms with E-state index in [4.69, 9.17) is 0 Å². The zero-order chi connectivity index (χ0) is 19.2. The highest BCUT2D eigenvalue weighted by atomic mass is 16.2. The van der Waals surface area contributed by atoms with Crippen LogP contribution in [0.15, 0.2) is 30.9 Å². The summed E-state index contributed by atoms with van der Waals surface area (Å²) in [6.45, 7) is 6.36. The first-order valence-electron chi connectivity index (χ1n) is 9.96. The highest BCUT2D eigenvalue weighted by Gasteiger charge is 2.28. The molecule has 0 radical (unpaired) electrons. The van der Waals surface area contributed by atoms with Gasteiger partial charge in [-0.1, -0.05) is 6.92 Å². The Bertz CT molecular complexity index is 700. The third-order valence-corrected chi connectivity index (χ3v) is 5.37. The predicted molar refractivity (Wildman–Crippen MR) is 105 cm³/mol. The van der Waals surface area contributed by atoms with Gasteiger partial charge in [-0.2, -0.15) is 5.10 Å². The van der Waals surface area contributed by atoms with Crippen LogP contribution >= 0.6 is 0 Å². The van der Waals surface area contributed by atoms with Crippen LogP contribution in [0.4, 0.5) is 0 Å². The minimum Gasteiger partial charge on any atom is -0.342 e. The second-order valence-electron chi connectivity index (χ2n) is 7.86. The summed E-state index contributed by atoms with van der Waals surface area (Å²) in [6, 6.07) is 1.89. The highest BCUT2D eigenvalue weighted by Crippen LogP contribution is 2.28. The van der Waals surface area contributed by atoms with Crippen molar-refractivity contribution in [3.05, 3.63) is 36.7 Å². The molecule has 148 valence electrons. The van der Waals surface area contributed by atoms with E-state index >= 15 is 0 Å². The monoisotopic (exact) mass is 372 g/mol. The average Bonchev–Trinajstić information content (AvgIpc) is 3.33. The fourth-order valence-electron chi connectivity index (χ4n) is 3.86. The number of rotatable bonds is 8. The summed E-state index contributed by atoms with van der Waals surface area (Å²) in [5.41, 5.74) is 0. The van der Waals surface area contributed by atoms with Gasteiger partial charge in [0.05, 0.1) is 12.5 Å². The van der Waals surface area contributed by atoms with Crippen molar-refractivity contribution in [2.45, 2.75) is 45.2 Å². The zero-order valence-electron chi connectivity index (χ0n) is 16.8. The summed E-state index contributed by atoms with van der Waals surface area (Å²) in [6.07, 6.45) is 10.8. The molecule has 1 aliphatic rings. The van der Waals surface area contributed by atoms with Gasteiger partial charge in [-0.15, -0.1) is 0 Å². The number of nitrogens with zero attached hydrogens (tertiary/aromatic N) is 6. The Hall–Kier alpha value is -2.15. The van der Waals surface area contributed by atoms with Crippen molar-refractivity contribution in [2.24, 2.45) is 5.92 Å². The molecule has 1 aliphatic heterocycles. The maximum absolute atomic E-state index is 12.7. The Balaban J connectivity index is 1.50. The van der Waals surface area contributed by atoms with Crippen LogP contribution in [0.1, 0.15) is 37.9 Å². The van der Waals surface area contributed by atoms with Crippen molar-refractivity contribution in [3.8, 4) is 0 Å². The lowest BCUT2D eigenvalue weighted by molar-refractivity contribution is -0.136. The van der Waals surface area contributed by atoms with Crippen LogP contribution in [-0.4, -0.2) is 68.8 Å². The second kappa shape index (κ2) is 9.17. The molecule has 1 fully saturated rings. The van der Waals surface area contributed by atoms with Gasteiger partial charge in [0.1, 0.15) is 5.82 Å². The molecule has 1 amide bonds. The summed E-state index contributed by atoms with van der Waals surface area (Å²) in [4.78, 5) is 21.6. The van der Waals surface area contributed by atoms with E-state index in [1.54, 1.807) is 6.20 Å². The number of carbonyl (C=O) groups is 1. The van der Waals surface area contributed by atoms with Crippen LogP contribution in [0.25, 0.3) is 0 Å². The predicted octanol–water partition coefficient (Wildman–Crippen LogP) is 2.07. The summed E-state index contributed by atoms with van der Waals surface area (Å²) in [5, 5.41) is 4.21. The number of piperidine rings is 1. The minimum absolute atomic E-state index is 0.0468. The summed E-state index contributed by atoms with van der Waals surface area (Å²) in [7, 11) is 4.21. The molecule has 0 aromatic carbocycles. The molecule has 2 aromatic rings. The van der Waals surface area contributed by atoms with Gasteiger partial charge in [-0.3, -0.25) is 9.48 Å². The van der Waals surface area contributed by atoms with Gasteiger partial charge in [0.15, 0.2) is 0 Å². The number of aromatic nitrogens is 4. The molecular weight excluding hydrogens is 340 g/mol. The van der Waals surface area contributed by atoms with Crippen molar-refractivity contribution < 1.29 is 4.79 Å². The van der Waals surface area contributed by atoms with E-state index in [-0.39, 0.29) is 11.8 Å². The topological polar surface area (TPSA) is 59.2 Å². The summed E-state index contributed by atoms with van der Waals surface area (Å²) in [5.74, 6) is 1.82. The molecule has 7 nitrogen and oxygen atoms in total. The van der Waals surface area contributed by atoms with E-state index in [1.807, 2.05) is 35.0 Å². The third kappa shape index (κ3) is 5.19. The first-order valence-corrected chi connectivity index (χ1v) is 9.96. The maximum atomic E-state index is 12.7. The van der Waals surface area contributed by atoms with Gasteiger partial charge in [0.2, 0.25) is 5.91 Å². The van der Waals surface area contributed by atoms with E-state index < -0.39 is 0 Å². The van der Waals surface area contributed by atoms with Gasteiger partial charge in [0, 0.05) is 50.3 Å². The Morgan fingerprint density at radius 1 is 1.26 bits per heavy atom. The third-order valence-electron chi connectivity index (χ3n) is 5.37. The molecule has 2 aromatic heterocycles. The number of hydrogen-bond acceptors (Lipinski definition) is 4. The number of aryl methyl sites for hydroxylation is 1. The van der Waals surface area contributed by atoms with Crippen LogP contribution in [0, 0.1) is 5.92 Å². The van der Waals surface area contributed by atoms with Gasteiger partial charge in [0.25, 0.3) is 0 Å². The number of carbonyl (C=O) groups excluding carboxylic acids is 1. The molecule has 0 aliphatic carbocycles. The number of hydrogen-bond donors (Lipinski definition) is 0. The van der Waals surface area contributed by atoms with Crippen LogP contribution in [0.5, 0.6) is 0 Å². The van der Waals surface area contributed by atoms with E-state index in [0.717, 1.165) is 45.4 Å². The quantitative estimate of drug-likeness (QED) is 0.712. The van der Waals surface area contributed by atoms with E-state index in [0.29, 0.717) is 12.5 Å². The normalized spacial score (nSPS) is 16.8. The van der Waals surface area contributed by atoms with E-state index in [9.17, 15) is 4.79 Å². The smallest absolute Gasteiger partial charge is 0.227 e. The van der Waals surface area contributed by atoms with Crippen LogP contribution < -0.4 is 0 Å². The number of likely N-dealkylation sites (tertiary alicyclic amines) is 1. The second-order valence-corrected chi connectivity index (χ2v) is 7.86. The molecule has 0 bridgehead atoms. The lowest BCUT2D eigenvalue weighted by Crippen LogP contribution is -2.42. The Labute approximate surface area is 162 Å². The molecule has 1 saturated heterocycles. The molecule has 7 heteroatoms. The van der Waals surface area contributed by atoms with Crippen LogP contribution in [0.2, 0.25) is 0 Å². The van der Waals surface area contributed by atoms with Gasteiger partial charge >= 0.3 is 0 Å². The molecule has 0 saturated carbocycles. The van der Waals surface area contributed by atoms with Crippen molar-refractivity contribution in [1.29, 1.82) is 0 Å². The summed E-state index contributed by atoms with van der Waals surface area (Å²) < 4.78 is 4.13. The lowest BCUT2D eigenvalue weighted by Gasteiger charge is -2.33. The standard InChI is InChI=1S/C20H32N6O/c1-17(16-26-12-4-8-22-26)20(27)25-13-6-18(7-14-25)19-21-9-15-24(19)11-5-10-23(2)3/h4,8-9,12,15,17-18H,5-7,10-11,13-14,16H2,1-3H3/t17-/m0/s1. The van der Waals surface area contributed by atoms with Gasteiger partial charge in [-0.25, -0.2) is 4.98 Å². The molecule has 0 spiro atoms. The van der Waals surface area contributed by atoms with Gasteiger partial charge in [-0.05, 0) is 46.0 Å². The number of imidazole rings is 1. The lowest BCUT2D eigenvalue weighted by atomic mass is 9.95. The molecular formula is C20H32N6O. The Morgan fingerprint density at radius 3 is 2.70 bits per heavy atom. The highest BCUT2D eigenvalue weighted by molar-refractivity contribution is 5.78. The molecule has 3 rings (SSSR count). The Kier molecular flexibility index (Phi) is 6.66. The Morgan fingerprint density at radius 2 is 2.04 bits per heavy atom. The largest absolute Gasteiger partial charge is 0.342 e. The number of amides is 1. The molecule has 3 heterocycles.